The van der Waals surface area contributed by atoms with Gasteiger partial charge in [-0.1, -0.05) is 6.92 Å². The average Bonchev–Trinajstić information content (AvgIpc) is 1.65. The minimum atomic E-state index is -0.815. The predicted octanol–water partition coefficient (Wildman–Crippen LogP) is -3.27. The summed E-state index contributed by atoms with van der Waals surface area (Å²) in [5.41, 5.74) is 0. The maximum Gasteiger partial charge on any atom is 1.00 e. The molecule has 0 saturated heterocycles. The third-order valence-corrected chi connectivity index (χ3v) is 0.596. The molecule has 0 radical (unpaired) electrons. The molecule has 0 aliphatic carbocycles. The van der Waals surface area contributed by atoms with Crippen molar-refractivity contribution in [1.82, 2.24) is 0 Å². The first kappa shape index (κ1) is 11.5. The van der Waals surface area contributed by atoms with Gasteiger partial charge in [-0.2, -0.15) is 0 Å². The van der Waals surface area contributed by atoms with Gasteiger partial charge in [0.25, 0.3) is 0 Å². The molecule has 0 rings (SSSR count). The minimum Gasteiger partial charge on any atom is -0.831 e. The van der Waals surface area contributed by atoms with Crippen LogP contribution in [0.15, 0.2) is 0 Å². The van der Waals surface area contributed by atoms with Gasteiger partial charge in [0.05, 0.1) is 0 Å². The van der Waals surface area contributed by atoms with E-state index in [9.17, 15) is 5.11 Å². The molecule has 0 saturated carbocycles. The van der Waals surface area contributed by atoms with Crippen LogP contribution in [0.2, 0.25) is 0 Å². The number of ether oxygens (including phenoxy) is 1. The van der Waals surface area contributed by atoms with Crippen molar-refractivity contribution in [3.05, 3.63) is 0 Å². The summed E-state index contributed by atoms with van der Waals surface area (Å²) >= 11 is 0. The largest absolute Gasteiger partial charge is 1.00 e. The molecule has 0 aliphatic rings. The molecule has 3 heteroatoms. The van der Waals surface area contributed by atoms with E-state index in [2.05, 4.69) is 4.74 Å². The Bertz CT molecular complexity index is 28.9. The quantitative estimate of drug-likeness (QED) is 0.412. The Morgan fingerprint density at radius 1 is 1.71 bits per heavy atom. The van der Waals surface area contributed by atoms with Crippen molar-refractivity contribution < 1.29 is 68.0 Å². The molecule has 38 valence electrons. The molecule has 0 aromatic carbocycles. The van der Waals surface area contributed by atoms with Crippen molar-refractivity contribution in [3.8, 4) is 0 Å². The summed E-state index contributed by atoms with van der Waals surface area (Å²) < 4.78 is 4.34. The average molecular weight is 175 g/mol. The van der Waals surface area contributed by atoms with Gasteiger partial charge in [0.1, 0.15) is 0 Å². The monoisotopic (exact) mass is 174 g/mol. The first-order valence-electron chi connectivity index (χ1n) is 2.00. The molecule has 0 spiro atoms. The zero-order valence-electron chi connectivity index (χ0n) is 5.10. The van der Waals surface area contributed by atoms with Gasteiger partial charge in [0.15, 0.2) is 0 Å². The molecule has 0 N–H and O–H groups in total. The van der Waals surface area contributed by atoms with Gasteiger partial charge in [0, 0.05) is 7.11 Å². The standard InChI is InChI=1S/C4H9O2.Rb/c1-3-4(5)6-2;/h4H,3H2,1-2H3;/q-1;+1. The van der Waals surface area contributed by atoms with E-state index in [4.69, 9.17) is 0 Å². The first-order valence-corrected chi connectivity index (χ1v) is 2.00. The fraction of sp³-hybridized carbons (Fsp3) is 1.00. The van der Waals surface area contributed by atoms with Gasteiger partial charge < -0.3 is 9.84 Å². The Kier molecular flexibility index (Phi) is 12.7. The van der Waals surface area contributed by atoms with Crippen LogP contribution in [-0.4, -0.2) is 13.4 Å². The summed E-state index contributed by atoms with van der Waals surface area (Å²) in [5.74, 6) is 0. The molecule has 0 aromatic heterocycles. The summed E-state index contributed by atoms with van der Waals surface area (Å²) in [4.78, 5) is 0. The molecule has 0 amide bonds. The van der Waals surface area contributed by atoms with E-state index in [1.165, 1.54) is 7.11 Å². The van der Waals surface area contributed by atoms with E-state index in [1.54, 1.807) is 6.92 Å². The molecule has 7 heavy (non-hydrogen) atoms. The van der Waals surface area contributed by atoms with Crippen LogP contribution in [0.4, 0.5) is 0 Å². The van der Waals surface area contributed by atoms with Crippen LogP contribution < -0.4 is 63.3 Å². The topological polar surface area (TPSA) is 32.3 Å². The third kappa shape index (κ3) is 7.73. The number of hydrogen-bond donors (Lipinski definition) is 0. The summed E-state index contributed by atoms with van der Waals surface area (Å²) in [6, 6.07) is 0. The van der Waals surface area contributed by atoms with E-state index < -0.39 is 6.29 Å². The second kappa shape index (κ2) is 7.73. The first-order chi connectivity index (χ1) is 2.81. The summed E-state index contributed by atoms with van der Waals surface area (Å²) in [7, 11) is 1.42. The zero-order valence-corrected chi connectivity index (χ0v) is 10.0. The Hall–Kier alpha value is 1.73. The van der Waals surface area contributed by atoms with E-state index in [1.807, 2.05) is 0 Å². The molecule has 2 nitrogen and oxygen atoms in total. The molecule has 0 heterocycles. The fourth-order valence-corrected chi connectivity index (χ4v) is 0.167. The van der Waals surface area contributed by atoms with Crippen molar-refractivity contribution in [2.24, 2.45) is 0 Å². The molecular formula is C4H9O2Rb. The third-order valence-electron chi connectivity index (χ3n) is 0.596. The van der Waals surface area contributed by atoms with Gasteiger partial charge in [-0.05, 0) is 12.7 Å². The van der Waals surface area contributed by atoms with Crippen LogP contribution in [0.25, 0.3) is 0 Å². The molecule has 0 aromatic rings. The van der Waals surface area contributed by atoms with E-state index in [-0.39, 0.29) is 58.2 Å². The van der Waals surface area contributed by atoms with Gasteiger partial charge in [-0.15, -0.1) is 0 Å². The maximum atomic E-state index is 10.0. The Balaban J connectivity index is 0. The van der Waals surface area contributed by atoms with Crippen LogP contribution in [-0.2, 0) is 4.74 Å². The molecular weight excluding hydrogens is 166 g/mol. The van der Waals surface area contributed by atoms with Crippen molar-refractivity contribution in [2.45, 2.75) is 19.6 Å². The molecule has 0 fully saturated rings. The normalized spacial score (nSPS) is 12.4. The van der Waals surface area contributed by atoms with Crippen molar-refractivity contribution in [2.75, 3.05) is 7.11 Å². The molecule has 0 bridgehead atoms. The van der Waals surface area contributed by atoms with Crippen molar-refractivity contribution in [3.63, 3.8) is 0 Å². The number of hydrogen-bond acceptors (Lipinski definition) is 2. The minimum absolute atomic E-state index is 0. The SMILES string of the molecule is CCC([O-])OC.[Rb+]. The van der Waals surface area contributed by atoms with Crippen molar-refractivity contribution >= 4 is 0 Å². The Morgan fingerprint density at radius 3 is 2.14 bits per heavy atom. The van der Waals surface area contributed by atoms with Crippen LogP contribution >= 0.6 is 0 Å². The zero-order chi connectivity index (χ0) is 4.99. The fourth-order valence-electron chi connectivity index (χ4n) is 0.167. The van der Waals surface area contributed by atoms with Gasteiger partial charge in [-0.25, -0.2) is 0 Å². The van der Waals surface area contributed by atoms with Crippen LogP contribution in [0.5, 0.6) is 0 Å². The van der Waals surface area contributed by atoms with Crippen molar-refractivity contribution in [1.29, 1.82) is 0 Å². The maximum absolute atomic E-state index is 10.0. The number of methoxy groups -OCH3 is 1. The summed E-state index contributed by atoms with van der Waals surface area (Å²) in [5, 5.41) is 10.0. The Morgan fingerprint density at radius 2 is 2.14 bits per heavy atom. The van der Waals surface area contributed by atoms with Crippen LogP contribution in [0, 0.1) is 0 Å². The van der Waals surface area contributed by atoms with E-state index in [0.29, 0.717) is 6.42 Å². The van der Waals surface area contributed by atoms with Gasteiger partial charge in [-0.3, -0.25) is 0 Å². The van der Waals surface area contributed by atoms with Crippen LogP contribution in [0.1, 0.15) is 13.3 Å². The Labute approximate surface area is 93.0 Å². The summed E-state index contributed by atoms with van der Waals surface area (Å²) in [6.07, 6.45) is -0.263. The van der Waals surface area contributed by atoms with Gasteiger partial charge >= 0.3 is 58.2 Å². The molecule has 1 unspecified atom stereocenters. The van der Waals surface area contributed by atoms with Crippen LogP contribution in [0.3, 0.4) is 0 Å². The second-order valence-corrected chi connectivity index (χ2v) is 1.07. The van der Waals surface area contributed by atoms with E-state index in [0.717, 1.165) is 0 Å². The number of rotatable bonds is 2. The second-order valence-electron chi connectivity index (χ2n) is 1.07. The predicted molar refractivity (Wildman–Crippen MR) is 21.1 cm³/mol. The smallest absolute Gasteiger partial charge is 0.831 e. The van der Waals surface area contributed by atoms with E-state index >= 15 is 0 Å². The van der Waals surface area contributed by atoms with Gasteiger partial charge in [0.2, 0.25) is 0 Å². The molecule has 0 aliphatic heterocycles. The molecule has 1 atom stereocenters. The summed E-state index contributed by atoms with van der Waals surface area (Å²) in [6.45, 7) is 1.79.